The summed E-state index contributed by atoms with van der Waals surface area (Å²) >= 11 is 5.85. The standard InChI is InChI=1S/C25H28ClFN2O5.ClH/c1-12(2)20(28)24(32)33-22-21(29-23(31)15-6-8-18(27)17(26)11-15)16-10-14(13(3)30)7-9-19(16)34-25(22,4)5;/h6-12,20-22H,28H2,1-5H3,(H,29,31);1H/t20-,21-,22-;/m0./s1. The normalized spacial score (nSPS) is 19.0. The molecule has 0 aromatic heterocycles. The number of carbonyl (C=O) groups is 3. The number of hydrogen-bond acceptors (Lipinski definition) is 6. The van der Waals surface area contributed by atoms with Crippen LogP contribution in [0.2, 0.25) is 5.02 Å². The Kier molecular flexibility index (Phi) is 8.92. The van der Waals surface area contributed by atoms with Crippen LogP contribution in [-0.4, -0.2) is 35.4 Å². The number of rotatable bonds is 6. The number of ether oxygens (including phenoxy) is 2. The second kappa shape index (κ2) is 10.9. The molecule has 0 radical (unpaired) electrons. The fourth-order valence-electron chi connectivity index (χ4n) is 3.71. The van der Waals surface area contributed by atoms with Crippen molar-refractivity contribution in [3.05, 3.63) is 63.9 Å². The summed E-state index contributed by atoms with van der Waals surface area (Å²) in [6, 6.07) is 6.68. The van der Waals surface area contributed by atoms with Crippen LogP contribution in [0.1, 0.15) is 66.9 Å². The van der Waals surface area contributed by atoms with Crippen LogP contribution in [0, 0.1) is 11.7 Å². The van der Waals surface area contributed by atoms with E-state index in [-0.39, 0.29) is 34.7 Å². The van der Waals surface area contributed by atoms with Gasteiger partial charge in [0.05, 0.1) is 11.1 Å². The zero-order chi connectivity index (χ0) is 25.4. The van der Waals surface area contributed by atoms with Gasteiger partial charge < -0.3 is 20.5 Å². The van der Waals surface area contributed by atoms with E-state index >= 15 is 0 Å². The number of hydrogen-bond donors (Lipinski definition) is 2. The molecule has 3 atom stereocenters. The minimum Gasteiger partial charge on any atom is -0.484 e. The van der Waals surface area contributed by atoms with E-state index in [1.54, 1.807) is 45.9 Å². The first-order chi connectivity index (χ1) is 15.8. The summed E-state index contributed by atoms with van der Waals surface area (Å²) in [5, 5.41) is 2.65. The monoisotopic (exact) mass is 526 g/mol. The summed E-state index contributed by atoms with van der Waals surface area (Å²) in [6.45, 7) is 8.45. The Balaban J connectivity index is 0.00000432. The van der Waals surface area contributed by atoms with Crippen molar-refractivity contribution in [2.45, 2.75) is 58.4 Å². The number of halogens is 3. The Morgan fingerprint density at radius 1 is 1.14 bits per heavy atom. The minimum absolute atomic E-state index is 0. The third kappa shape index (κ3) is 6.12. The third-order valence-corrected chi connectivity index (χ3v) is 6.10. The zero-order valence-electron chi connectivity index (χ0n) is 20.1. The number of fused-ring (bicyclic) bond motifs is 1. The van der Waals surface area contributed by atoms with Gasteiger partial charge in [0, 0.05) is 16.7 Å². The molecule has 1 amide bonds. The van der Waals surface area contributed by atoms with E-state index in [2.05, 4.69) is 5.32 Å². The van der Waals surface area contributed by atoms with Crippen molar-refractivity contribution in [1.29, 1.82) is 0 Å². The van der Waals surface area contributed by atoms with E-state index < -0.39 is 41.5 Å². The van der Waals surface area contributed by atoms with Crippen molar-refractivity contribution in [2.24, 2.45) is 11.7 Å². The minimum atomic E-state index is -1.06. The molecule has 0 saturated heterocycles. The molecule has 2 aromatic carbocycles. The number of benzene rings is 2. The molecular weight excluding hydrogens is 498 g/mol. The molecule has 0 spiro atoms. The van der Waals surface area contributed by atoms with Gasteiger partial charge >= 0.3 is 5.97 Å². The summed E-state index contributed by atoms with van der Waals surface area (Å²) in [5.74, 6) is -1.80. The van der Waals surface area contributed by atoms with Gasteiger partial charge in [0.2, 0.25) is 0 Å². The van der Waals surface area contributed by atoms with Crippen molar-refractivity contribution in [3.8, 4) is 5.75 Å². The zero-order valence-corrected chi connectivity index (χ0v) is 21.6. The fourth-order valence-corrected chi connectivity index (χ4v) is 3.89. The maximum atomic E-state index is 13.6. The number of nitrogens with one attached hydrogen (secondary N) is 1. The summed E-state index contributed by atoms with van der Waals surface area (Å²) in [6.07, 6.45) is -0.987. The molecule has 3 N–H and O–H groups in total. The molecule has 1 aliphatic heterocycles. The van der Waals surface area contributed by atoms with E-state index in [4.69, 9.17) is 26.8 Å². The third-order valence-electron chi connectivity index (χ3n) is 5.81. The van der Waals surface area contributed by atoms with Gasteiger partial charge in [-0.05, 0) is 63.1 Å². The largest absolute Gasteiger partial charge is 0.484 e. The van der Waals surface area contributed by atoms with Gasteiger partial charge in [-0.2, -0.15) is 0 Å². The number of nitrogens with two attached hydrogens (primary N) is 1. The highest BCUT2D eigenvalue weighted by atomic mass is 35.5. The Hall–Kier alpha value is -2.68. The van der Waals surface area contributed by atoms with Crippen LogP contribution in [0.15, 0.2) is 36.4 Å². The highest BCUT2D eigenvalue weighted by Gasteiger charge is 2.48. The summed E-state index contributed by atoms with van der Waals surface area (Å²) < 4.78 is 25.5. The lowest BCUT2D eigenvalue weighted by molar-refractivity contribution is -0.168. The lowest BCUT2D eigenvalue weighted by Crippen LogP contribution is -2.56. The van der Waals surface area contributed by atoms with Gasteiger partial charge in [-0.3, -0.25) is 14.4 Å². The second-order valence-electron chi connectivity index (χ2n) is 9.22. The molecule has 3 rings (SSSR count). The van der Waals surface area contributed by atoms with Crippen molar-refractivity contribution in [1.82, 2.24) is 5.32 Å². The van der Waals surface area contributed by atoms with Crippen LogP contribution < -0.4 is 15.8 Å². The van der Waals surface area contributed by atoms with Crippen molar-refractivity contribution >= 4 is 41.7 Å². The SMILES string of the molecule is CC(=O)c1ccc2c(c1)[C@H](NC(=O)c1ccc(F)c(Cl)c1)[C@H](OC(=O)[C@@H](N)C(C)C)C(C)(C)O2.Cl. The highest BCUT2D eigenvalue weighted by Crippen LogP contribution is 2.42. The van der Waals surface area contributed by atoms with E-state index in [0.717, 1.165) is 6.07 Å². The number of amides is 1. The fraction of sp³-hybridized carbons (Fsp3) is 0.400. The van der Waals surface area contributed by atoms with E-state index in [0.29, 0.717) is 16.9 Å². The second-order valence-corrected chi connectivity index (χ2v) is 9.63. The first kappa shape index (κ1) is 28.6. The summed E-state index contributed by atoms with van der Waals surface area (Å²) in [7, 11) is 0. The van der Waals surface area contributed by atoms with Crippen LogP contribution in [-0.2, 0) is 9.53 Å². The van der Waals surface area contributed by atoms with Gasteiger partial charge in [-0.1, -0.05) is 25.4 Å². The molecule has 0 fully saturated rings. The van der Waals surface area contributed by atoms with E-state index in [1.807, 2.05) is 0 Å². The molecule has 10 heteroatoms. The smallest absolute Gasteiger partial charge is 0.323 e. The molecule has 0 unspecified atom stereocenters. The van der Waals surface area contributed by atoms with Crippen LogP contribution >= 0.6 is 24.0 Å². The molecule has 190 valence electrons. The highest BCUT2D eigenvalue weighted by molar-refractivity contribution is 6.31. The topological polar surface area (TPSA) is 108 Å². The number of carbonyl (C=O) groups excluding carboxylic acids is 3. The predicted molar refractivity (Wildman–Crippen MR) is 133 cm³/mol. The van der Waals surface area contributed by atoms with Crippen molar-refractivity contribution in [2.75, 3.05) is 0 Å². The van der Waals surface area contributed by atoms with Crippen LogP contribution in [0.25, 0.3) is 0 Å². The van der Waals surface area contributed by atoms with Crippen LogP contribution in [0.5, 0.6) is 5.75 Å². The maximum Gasteiger partial charge on any atom is 0.323 e. The Morgan fingerprint density at radius 3 is 2.34 bits per heavy atom. The lowest BCUT2D eigenvalue weighted by atomic mass is 9.85. The van der Waals surface area contributed by atoms with Gasteiger partial charge in [-0.25, -0.2) is 4.39 Å². The van der Waals surface area contributed by atoms with Crippen LogP contribution in [0.3, 0.4) is 0 Å². The van der Waals surface area contributed by atoms with Crippen molar-refractivity contribution < 1.29 is 28.2 Å². The quantitative estimate of drug-likeness (QED) is 0.419. The Morgan fingerprint density at radius 2 is 1.77 bits per heavy atom. The first-order valence-corrected chi connectivity index (χ1v) is 11.3. The van der Waals surface area contributed by atoms with E-state index in [9.17, 15) is 18.8 Å². The van der Waals surface area contributed by atoms with E-state index in [1.165, 1.54) is 19.1 Å². The first-order valence-electron chi connectivity index (χ1n) is 10.9. The average Bonchev–Trinajstić information content (AvgIpc) is 2.76. The maximum absolute atomic E-state index is 13.6. The van der Waals surface area contributed by atoms with Gasteiger partial charge in [-0.15, -0.1) is 12.4 Å². The Labute approximate surface area is 214 Å². The average molecular weight is 527 g/mol. The molecule has 2 aromatic rings. The van der Waals surface area contributed by atoms with Crippen LogP contribution in [0.4, 0.5) is 4.39 Å². The number of esters is 1. The van der Waals surface area contributed by atoms with Gasteiger partial charge in [0.1, 0.15) is 23.2 Å². The molecular formula is C25H29Cl2FN2O5. The van der Waals surface area contributed by atoms with Gasteiger partial charge in [0.15, 0.2) is 11.9 Å². The summed E-state index contributed by atoms with van der Waals surface area (Å²) in [4.78, 5) is 37.9. The predicted octanol–water partition coefficient (Wildman–Crippen LogP) is 4.64. The van der Waals surface area contributed by atoms with Gasteiger partial charge in [0.25, 0.3) is 5.91 Å². The molecule has 0 bridgehead atoms. The lowest BCUT2D eigenvalue weighted by Gasteiger charge is -2.44. The Bertz CT molecular complexity index is 1140. The number of Topliss-reactive ketones (excluding diaryl/α,β-unsaturated/α-hetero) is 1. The molecule has 0 saturated carbocycles. The molecule has 0 aliphatic carbocycles. The molecule has 7 nitrogen and oxygen atoms in total. The number of ketones is 1. The molecule has 35 heavy (non-hydrogen) atoms. The summed E-state index contributed by atoms with van der Waals surface area (Å²) in [5.41, 5.74) is 5.91. The molecule has 1 heterocycles. The van der Waals surface area contributed by atoms with Crippen molar-refractivity contribution in [3.63, 3.8) is 0 Å². The molecule has 1 aliphatic rings.